The first-order valence-electron chi connectivity index (χ1n) is 10.3. The number of sulfonamides is 1. The molecule has 0 radical (unpaired) electrons. The molecular formula is C19H28F2N4O5S. The lowest BCUT2D eigenvalue weighted by Crippen LogP contribution is -2.42. The Kier molecular flexibility index (Phi) is 8.14. The standard InChI is InChI=1S/C19H28F2N4O5S/c20-16(21)10-24-31(27,28)15-9-23-17(8-14(15)30-13-6-7-29-11-13)25-19(26)18(22)12-4-2-1-3-5-12/h8-9,12-13,16,18,24H,1-7,10-11,22H2,(H,23,25,26)/t13-,18-/m0/s1. The predicted molar refractivity (Wildman–Crippen MR) is 108 cm³/mol. The zero-order valence-electron chi connectivity index (χ0n) is 17.1. The molecule has 1 amide bonds. The van der Waals surface area contributed by atoms with Gasteiger partial charge in [-0.05, 0) is 18.8 Å². The van der Waals surface area contributed by atoms with E-state index in [0.29, 0.717) is 13.0 Å². The van der Waals surface area contributed by atoms with Crippen LogP contribution in [0.25, 0.3) is 0 Å². The second-order valence-corrected chi connectivity index (χ2v) is 9.51. The van der Waals surface area contributed by atoms with Crippen molar-refractivity contribution in [1.29, 1.82) is 0 Å². The molecule has 0 aromatic carbocycles. The number of halogens is 2. The smallest absolute Gasteiger partial charge is 0.251 e. The molecule has 9 nitrogen and oxygen atoms in total. The van der Waals surface area contributed by atoms with Crippen molar-refractivity contribution in [1.82, 2.24) is 9.71 Å². The molecule has 2 heterocycles. The normalized spacial score (nSPS) is 21.2. The molecule has 1 aromatic heterocycles. The van der Waals surface area contributed by atoms with Crippen molar-refractivity contribution in [2.45, 2.75) is 62.0 Å². The van der Waals surface area contributed by atoms with Gasteiger partial charge < -0.3 is 20.5 Å². The van der Waals surface area contributed by atoms with E-state index in [1.54, 1.807) is 0 Å². The SMILES string of the molecule is N[C@H](C(=O)Nc1cc(O[C@H]2CCOC2)c(S(=O)(=O)NCC(F)F)cn1)C1CCCCC1. The molecule has 2 atom stereocenters. The van der Waals surface area contributed by atoms with E-state index in [9.17, 15) is 22.0 Å². The van der Waals surface area contributed by atoms with Gasteiger partial charge in [0.25, 0.3) is 6.43 Å². The third-order valence-electron chi connectivity index (χ3n) is 5.44. The van der Waals surface area contributed by atoms with Crippen molar-refractivity contribution in [3.05, 3.63) is 12.3 Å². The fourth-order valence-corrected chi connectivity index (χ4v) is 4.80. The maximum atomic E-state index is 12.6. The molecule has 1 aliphatic carbocycles. The van der Waals surface area contributed by atoms with Gasteiger partial charge in [-0.25, -0.2) is 26.9 Å². The number of nitrogens with zero attached hydrogens (tertiary/aromatic N) is 1. The molecule has 1 saturated carbocycles. The number of pyridine rings is 1. The Bertz CT molecular complexity index is 859. The Morgan fingerprint density at radius 2 is 2.03 bits per heavy atom. The second-order valence-electron chi connectivity index (χ2n) is 7.78. The summed E-state index contributed by atoms with van der Waals surface area (Å²) in [6.45, 7) is -0.315. The minimum absolute atomic E-state index is 0.0676. The van der Waals surface area contributed by atoms with Crippen LogP contribution in [0.4, 0.5) is 14.6 Å². The average Bonchev–Trinajstić information content (AvgIpc) is 3.25. The molecule has 1 aliphatic heterocycles. The third-order valence-corrected chi connectivity index (χ3v) is 6.87. The lowest BCUT2D eigenvalue weighted by atomic mass is 9.84. The number of hydrogen-bond acceptors (Lipinski definition) is 7. The van der Waals surface area contributed by atoms with E-state index in [4.69, 9.17) is 15.2 Å². The molecular weight excluding hydrogens is 434 g/mol. The highest BCUT2D eigenvalue weighted by Gasteiger charge is 2.29. The quantitative estimate of drug-likeness (QED) is 0.508. The molecule has 1 aromatic rings. The van der Waals surface area contributed by atoms with Gasteiger partial charge in [-0.3, -0.25) is 4.79 Å². The summed E-state index contributed by atoms with van der Waals surface area (Å²) in [6, 6.07) is 0.562. The summed E-state index contributed by atoms with van der Waals surface area (Å²) in [4.78, 5) is 16.2. The second kappa shape index (κ2) is 10.6. The summed E-state index contributed by atoms with van der Waals surface area (Å²) in [6.07, 6.45) is 3.22. The Morgan fingerprint density at radius 3 is 2.68 bits per heavy atom. The number of nitrogens with one attached hydrogen (secondary N) is 2. The Balaban J connectivity index is 1.78. The van der Waals surface area contributed by atoms with Gasteiger partial charge in [-0.1, -0.05) is 19.3 Å². The fourth-order valence-electron chi connectivity index (χ4n) is 3.74. The van der Waals surface area contributed by atoms with Crippen molar-refractivity contribution < 1.29 is 31.5 Å². The van der Waals surface area contributed by atoms with Crippen molar-refractivity contribution in [2.24, 2.45) is 11.7 Å². The van der Waals surface area contributed by atoms with Gasteiger partial charge in [0.1, 0.15) is 22.6 Å². The van der Waals surface area contributed by atoms with Crippen LogP contribution in [0.3, 0.4) is 0 Å². The molecule has 1 saturated heterocycles. The lowest BCUT2D eigenvalue weighted by molar-refractivity contribution is -0.118. The maximum Gasteiger partial charge on any atom is 0.251 e. The first-order valence-corrected chi connectivity index (χ1v) is 11.8. The maximum absolute atomic E-state index is 12.6. The highest BCUT2D eigenvalue weighted by atomic mass is 32.2. The highest BCUT2D eigenvalue weighted by Crippen LogP contribution is 2.29. The summed E-state index contributed by atoms with van der Waals surface area (Å²) in [5.74, 6) is -0.369. The Hall–Kier alpha value is -1.89. The van der Waals surface area contributed by atoms with Gasteiger partial charge in [0.05, 0.1) is 32.0 Å². The topological polar surface area (TPSA) is 133 Å². The van der Waals surface area contributed by atoms with Crippen LogP contribution >= 0.6 is 0 Å². The van der Waals surface area contributed by atoms with Gasteiger partial charge >= 0.3 is 0 Å². The average molecular weight is 463 g/mol. The van der Waals surface area contributed by atoms with E-state index in [0.717, 1.165) is 38.3 Å². The van der Waals surface area contributed by atoms with E-state index >= 15 is 0 Å². The van der Waals surface area contributed by atoms with Gasteiger partial charge in [0.15, 0.2) is 0 Å². The van der Waals surface area contributed by atoms with Crippen LogP contribution in [-0.4, -0.2) is 57.6 Å². The van der Waals surface area contributed by atoms with Crippen LogP contribution in [0.2, 0.25) is 0 Å². The fraction of sp³-hybridized carbons (Fsp3) is 0.684. The van der Waals surface area contributed by atoms with E-state index in [-0.39, 0.29) is 24.1 Å². The van der Waals surface area contributed by atoms with E-state index < -0.39 is 45.9 Å². The number of anilines is 1. The monoisotopic (exact) mass is 462 g/mol. The molecule has 4 N–H and O–H groups in total. The van der Waals surface area contributed by atoms with Crippen LogP contribution < -0.4 is 20.5 Å². The third kappa shape index (κ3) is 6.55. The van der Waals surface area contributed by atoms with Gasteiger partial charge in [0, 0.05) is 12.5 Å². The van der Waals surface area contributed by atoms with Crippen molar-refractivity contribution in [3.8, 4) is 5.75 Å². The summed E-state index contributed by atoms with van der Waals surface area (Å²) >= 11 is 0. The highest BCUT2D eigenvalue weighted by molar-refractivity contribution is 7.89. The first-order chi connectivity index (χ1) is 14.8. The molecule has 2 fully saturated rings. The van der Waals surface area contributed by atoms with Crippen LogP contribution in [-0.2, 0) is 19.6 Å². The van der Waals surface area contributed by atoms with E-state index in [1.165, 1.54) is 6.07 Å². The van der Waals surface area contributed by atoms with Gasteiger partial charge in [-0.15, -0.1) is 0 Å². The minimum atomic E-state index is -4.30. The van der Waals surface area contributed by atoms with E-state index in [2.05, 4.69) is 10.3 Å². The summed E-state index contributed by atoms with van der Waals surface area (Å²) in [5.41, 5.74) is 6.11. The number of nitrogens with two attached hydrogens (primary N) is 1. The molecule has 2 aliphatic rings. The summed E-state index contributed by atoms with van der Waals surface area (Å²) < 4.78 is 62.8. The van der Waals surface area contributed by atoms with Gasteiger partial charge in [0.2, 0.25) is 15.9 Å². The molecule has 0 spiro atoms. The Morgan fingerprint density at radius 1 is 1.29 bits per heavy atom. The summed E-state index contributed by atoms with van der Waals surface area (Å²) in [7, 11) is -4.30. The number of carbonyl (C=O) groups excluding carboxylic acids is 1. The molecule has 31 heavy (non-hydrogen) atoms. The number of aromatic nitrogens is 1. The lowest BCUT2D eigenvalue weighted by Gasteiger charge is -2.26. The number of alkyl halides is 2. The first kappa shape index (κ1) is 23.8. The minimum Gasteiger partial charge on any atom is -0.486 e. The van der Waals surface area contributed by atoms with Crippen molar-refractivity contribution in [2.75, 3.05) is 25.1 Å². The van der Waals surface area contributed by atoms with Crippen molar-refractivity contribution >= 4 is 21.7 Å². The predicted octanol–water partition coefficient (Wildman–Crippen LogP) is 1.64. The van der Waals surface area contributed by atoms with Crippen LogP contribution in [0.1, 0.15) is 38.5 Å². The largest absolute Gasteiger partial charge is 0.486 e. The zero-order chi connectivity index (χ0) is 22.4. The number of hydrogen-bond donors (Lipinski definition) is 3. The molecule has 3 rings (SSSR count). The number of rotatable bonds is 9. The van der Waals surface area contributed by atoms with E-state index in [1.807, 2.05) is 4.72 Å². The van der Waals surface area contributed by atoms with Crippen LogP contribution in [0.15, 0.2) is 17.2 Å². The zero-order valence-corrected chi connectivity index (χ0v) is 17.9. The number of amides is 1. The molecule has 0 bridgehead atoms. The number of ether oxygens (including phenoxy) is 2. The van der Waals surface area contributed by atoms with Gasteiger partial charge in [-0.2, -0.15) is 0 Å². The van der Waals surface area contributed by atoms with Crippen LogP contribution in [0.5, 0.6) is 5.75 Å². The van der Waals surface area contributed by atoms with Crippen LogP contribution in [0, 0.1) is 5.92 Å². The van der Waals surface area contributed by atoms with Crippen molar-refractivity contribution in [3.63, 3.8) is 0 Å². The molecule has 0 unspecified atom stereocenters. The Labute approximate surface area is 180 Å². The summed E-state index contributed by atoms with van der Waals surface area (Å²) in [5, 5.41) is 2.61. The molecule has 12 heteroatoms. The molecule has 174 valence electrons. The number of carbonyl (C=O) groups is 1.